The second-order valence-electron chi connectivity index (χ2n) is 6.31. The molecule has 1 aromatic heterocycles. The molecule has 1 saturated heterocycles. The van der Waals surface area contributed by atoms with E-state index < -0.39 is 0 Å². The lowest BCUT2D eigenvalue weighted by atomic mass is 10.2. The molecule has 0 aliphatic carbocycles. The number of carbonyl (C=O) groups is 1. The Kier molecular flexibility index (Phi) is 3.41. The van der Waals surface area contributed by atoms with Crippen LogP contribution in [0.15, 0.2) is 60.8 Å². The fraction of sp³-hybridized carbons (Fsp3) is 0.250. The predicted octanol–water partition coefficient (Wildman–Crippen LogP) is 4.27. The number of rotatable bonds is 3. The van der Waals surface area contributed by atoms with Crippen LogP contribution in [-0.2, 0) is 11.3 Å². The van der Waals surface area contributed by atoms with Crippen molar-refractivity contribution in [1.82, 2.24) is 9.47 Å². The van der Waals surface area contributed by atoms with Crippen molar-refractivity contribution in [2.24, 2.45) is 0 Å². The van der Waals surface area contributed by atoms with Gasteiger partial charge < -0.3 is 9.47 Å². The molecule has 0 unspecified atom stereocenters. The maximum atomic E-state index is 12.4. The van der Waals surface area contributed by atoms with Crippen molar-refractivity contribution >= 4 is 16.8 Å². The molecular weight excluding hydrogens is 284 g/mol. The van der Waals surface area contributed by atoms with Crippen molar-refractivity contribution in [1.29, 1.82) is 0 Å². The minimum absolute atomic E-state index is 0.114. The van der Waals surface area contributed by atoms with E-state index in [1.165, 1.54) is 22.0 Å². The molecule has 0 spiro atoms. The Labute approximate surface area is 136 Å². The number of carbonyl (C=O) groups excluding carboxylic acids is 1. The van der Waals surface area contributed by atoms with E-state index in [0.29, 0.717) is 13.0 Å². The molecule has 2 aromatic carbocycles. The molecule has 1 aliphatic rings. The number of amides is 1. The van der Waals surface area contributed by atoms with E-state index in [-0.39, 0.29) is 12.1 Å². The van der Waals surface area contributed by atoms with Crippen molar-refractivity contribution < 1.29 is 4.79 Å². The Morgan fingerprint density at radius 2 is 1.91 bits per heavy atom. The van der Waals surface area contributed by atoms with Gasteiger partial charge in [0, 0.05) is 24.7 Å². The number of benzene rings is 2. The number of likely N-dealkylation sites (tertiary alicyclic amines) is 1. The van der Waals surface area contributed by atoms with Gasteiger partial charge in [-0.3, -0.25) is 4.79 Å². The van der Waals surface area contributed by atoms with Crippen molar-refractivity contribution in [2.75, 3.05) is 0 Å². The van der Waals surface area contributed by atoms with Crippen LogP contribution in [0.4, 0.5) is 0 Å². The maximum absolute atomic E-state index is 12.4. The van der Waals surface area contributed by atoms with Crippen LogP contribution < -0.4 is 0 Å². The van der Waals surface area contributed by atoms with Crippen LogP contribution in [0.25, 0.3) is 10.9 Å². The van der Waals surface area contributed by atoms with Crippen LogP contribution in [0.3, 0.4) is 0 Å². The molecule has 0 radical (unpaired) electrons. The van der Waals surface area contributed by atoms with E-state index in [1.54, 1.807) is 0 Å². The monoisotopic (exact) mass is 304 g/mol. The zero-order valence-electron chi connectivity index (χ0n) is 13.3. The first kappa shape index (κ1) is 14.1. The standard InChI is InChI=1S/C20H20N2O/c1-15-7-8-18-17(13-15)11-12-21(18)19-9-10-20(23)22(19)14-16-5-3-2-4-6-16/h2-8,11-13,19H,9-10,14H2,1H3/t19-/m0/s1. The fourth-order valence-corrected chi connectivity index (χ4v) is 3.52. The van der Waals surface area contributed by atoms with Gasteiger partial charge in [0.1, 0.15) is 6.17 Å². The Balaban J connectivity index is 1.70. The molecule has 0 N–H and O–H groups in total. The fourth-order valence-electron chi connectivity index (χ4n) is 3.52. The van der Waals surface area contributed by atoms with Gasteiger partial charge >= 0.3 is 0 Å². The van der Waals surface area contributed by atoms with Crippen molar-refractivity contribution in [3.63, 3.8) is 0 Å². The normalized spacial score (nSPS) is 18.0. The molecule has 1 atom stereocenters. The Bertz CT molecular complexity index is 850. The highest BCUT2D eigenvalue weighted by Crippen LogP contribution is 2.33. The van der Waals surface area contributed by atoms with Crippen molar-refractivity contribution in [3.05, 3.63) is 71.9 Å². The molecule has 1 fully saturated rings. The van der Waals surface area contributed by atoms with E-state index >= 15 is 0 Å². The minimum Gasteiger partial charge on any atom is -0.326 e. The first-order chi connectivity index (χ1) is 11.2. The van der Waals surface area contributed by atoms with E-state index in [0.717, 1.165) is 6.42 Å². The number of hydrogen-bond acceptors (Lipinski definition) is 1. The van der Waals surface area contributed by atoms with Crippen LogP contribution >= 0.6 is 0 Å². The molecule has 116 valence electrons. The summed E-state index contributed by atoms with van der Waals surface area (Å²) >= 11 is 0. The molecule has 1 amide bonds. The van der Waals surface area contributed by atoms with E-state index in [2.05, 4.69) is 54.1 Å². The lowest BCUT2D eigenvalue weighted by Gasteiger charge is -2.27. The van der Waals surface area contributed by atoms with E-state index in [4.69, 9.17) is 0 Å². The molecule has 3 nitrogen and oxygen atoms in total. The Morgan fingerprint density at radius 3 is 2.74 bits per heavy atom. The smallest absolute Gasteiger partial charge is 0.224 e. The number of hydrogen-bond donors (Lipinski definition) is 0. The number of nitrogens with zero attached hydrogens (tertiary/aromatic N) is 2. The highest BCUT2D eigenvalue weighted by molar-refractivity contribution is 5.82. The van der Waals surface area contributed by atoms with Gasteiger partial charge in [-0.15, -0.1) is 0 Å². The highest BCUT2D eigenvalue weighted by atomic mass is 16.2. The SMILES string of the molecule is Cc1ccc2c(ccn2[C@@H]2CCC(=O)N2Cc2ccccc2)c1. The predicted molar refractivity (Wildman–Crippen MR) is 91.9 cm³/mol. The van der Waals surface area contributed by atoms with Crippen LogP contribution in [0.1, 0.15) is 30.1 Å². The summed E-state index contributed by atoms with van der Waals surface area (Å²) in [6.07, 6.45) is 3.74. The Hall–Kier alpha value is -2.55. The zero-order chi connectivity index (χ0) is 15.8. The zero-order valence-corrected chi connectivity index (χ0v) is 13.3. The van der Waals surface area contributed by atoms with Gasteiger partial charge in [-0.05, 0) is 42.5 Å². The van der Waals surface area contributed by atoms with Gasteiger partial charge in [-0.1, -0.05) is 42.0 Å². The molecule has 0 bridgehead atoms. The third kappa shape index (κ3) is 2.52. The van der Waals surface area contributed by atoms with Crippen LogP contribution in [-0.4, -0.2) is 15.4 Å². The highest BCUT2D eigenvalue weighted by Gasteiger charge is 2.32. The average Bonchev–Trinajstić information content (AvgIpc) is 3.12. The van der Waals surface area contributed by atoms with Gasteiger partial charge in [0.2, 0.25) is 5.91 Å². The summed E-state index contributed by atoms with van der Waals surface area (Å²) in [6, 6.07) is 18.9. The molecule has 23 heavy (non-hydrogen) atoms. The first-order valence-corrected chi connectivity index (χ1v) is 8.13. The maximum Gasteiger partial charge on any atom is 0.224 e. The van der Waals surface area contributed by atoms with Gasteiger partial charge in [0.25, 0.3) is 0 Å². The summed E-state index contributed by atoms with van der Waals surface area (Å²) in [4.78, 5) is 14.4. The third-order valence-corrected chi connectivity index (χ3v) is 4.69. The topological polar surface area (TPSA) is 25.2 Å². The lowest BCUT2D eigenvalue weighted by Crippen LogP contribution is -2.30. The van der Waals surface area contributed by atoms with Gasteiger partial charge in [0.05, 0.1) is 0 Å². The second kappa shape index (κ2) is 5.58. The summed E-state index contributed by atoms with van der Waals surface area (Å²) < 4.78 is 2.25. The number of fused-ring (bicyclic) bond motifs is 1. The third-order valence-electron chi connectivity index (χ3n) is 4.69. The number of aromatic nitrogens is 1. The van der Waals surface area contributed by atoms with Gasteiger partial charge in [0.15, 0.2) is 0 Å². The van der Waals surface area contributed by atoms with Crippen LogP contribution in [0.5, 0.6) is 0 Å². The molecule has 3 heteroatoms. The van der Waals surface area contributed by atoms with Crippen molar-refractivity contribution in [3.8, 4) is 0 Å². The Morgan fingerprint density at radius 1 is 1.09 bits per heavy atom. The summed E-state index contributed by atoms with van der Waals surface area (Å²) in [5, 5.41) is 1.24. The van der Waals surface area contributed by atoms with Gasteiger partial charge in [-0.2, -0.15) is 0 Å². The van der Waals surface area contributed by atoms with Crippen molar-refractivity contribution in [2.45, 2.75) is 32.5 Å². The lowest BCUT2D eigenvalue weighted by molar-refractivity contribution is -0.130. The summed E-state index contributed by atoms with van der Waals surface area (Å²) in [5.41, 5.74) is 3.65. The first-order valence-electron chi connectivity index (χ1n) is 8.13. The molecule has 0 saturated carbocycles. The number of aryl methyl sites for hydroxylation is 1. The van der Waals surface area contributed by atoms with Gasteiger partial charge in [-0.25, -0.2) is 0 Å². The van der Waals surface area contributed by atoms with Crippen LogP contribution in [0, 0.1) is 6.92 Å². The van der Waals surface area contributed by atoms with Crippen LogP contribution in [0.2, 0.25) is 0 Å². The molecular formula is C20H20N2O. The summed E-state index contributed by atoms with van der Waals surface area (Å²) in [6.45, 7) is 2.79. The summed E-state index contributed by atoms with van der Waals surface area (Å²) in [5.74, 6) is 0.243. The van der Waals surface area contributed by atoms with E-state index in [1.807, 2.05) is 23.1 Å². The van der Waals surface area contributed by atoms with E-state index in [9.17, 15) is 4.79 Å². The summed E-state index contributed by atoms with van der Waals surface area (Å²) in [7, 11) is 0. The second-order valence-corrected chi connectivity index (χ2v) is 6.31. The largest absolute Gasteiger partial charge is 0.326 e. The molecule has 1 aliphatic heterocycles. The molecule has 3 aromatic rings. The molecule has 2 heterocycles. The average molecular weight is 304 g/mol. The minimum atomic E-state index is 0.114. The molecule has 4 rings (SSSR count). The quantitative estimate of drug-likeness (QED) is 0.709.